The second kappa shape index (κ2) is 11.0. The molecule has 0 amide bonds. The number of sulfonamides is 1. The van der Waals surface area contributed by atoms with Crippen LogP contribution in [-0.4, -0.2) is 30.1 Å². The number of rotatable bonds is 9. The van der Waals surface area contributed by atoms with Crippen molar-refractivity contribution < 1.29 is 8.42 Å². The molecular weight excluding hydrogens is 494 g/mol. The Bertz CT molecular complexity index is 1000. The molecule has 3 rings (SSSR count). The summed E-state index contributed by atoms with van der Waals surface area (Å²) in [4.78, 5) is 0.696. The van der Waals surface area contributed by atoms with E-state index in [1.54, 1.807) is 4.31 Å². The average Bonchev–Trinajstić information content (AvgIpc) is 3.28. The normalized spacial score (nSPS) is 18.5. The van der Waals surface area contributed by atoms with Gasteiger partial charge in [-0.1, -0.05) is 99.9 Å². The zero-order chi connectivity index (χ0) is 24.3. The summed E-state index contributed by atoms with van der Waals surface area (Å²) in [5.41, 5.74) is 4.44. The van der Waals surface area contributed by atoms with Crippen LogP contribution in [0.1, 0.15) is 101 Å². The van der Waals surface area contributed by atoms with Gasteiger partial charge in [-0.15, -0.1) is 0 Å². The van der Waals surface area contributed by atoms with Gasteiger partial charge >= 0.3 is 0 Å². The standard InChI is InChI=1S/C28H40BrNO2S/c1-19(2)23-17-24(20(3)4)28(25(18-23)21(5)6)33(31,32)30-16-10-13-27(30)26(29)15-14-22-11-8-7-9-12-22/h7-9,11-12,17-21,26-27H,10,13-16H2,1-6H3/t26-,27?/m0/s1. The number of nitrogens with zero attached hydrogens (tertiary/aromatic N) is 1. The summed E-state index contributed by atoms with van der Waals surface area (Å²) in [6.45, 7) is 13.4. The molecule has 0 N–H and O–H groups in total. The highest BCUT2D eigenvalue weighted by Crippen LogP contribution is 2.40. The van der Waals surface area contributed by atoms with Gasteiger partial charge in [0.05, 0.1) is 4.90 Å². The second-order valence-electron chi connectivity index (χ2n) is 10.4. The van der Waals surface area contributed by atoms with E-state index >= 15 is 0 Å². The minimum absolute atomic E-state index is 0.0106. The van der Waals surface area contributed by atoms with Gasteiger partial charge in [-0.25, -0.2) is 8.42 Å². The molecule has 2 atom stereocenters. The highest BCUT2D eigenvalue weighted by atomic mass is 79.9. The zero-order valence-electron chi connectivity index (χ0n) is 21.0. The summed E-state index contributed by atoms with van der Waals surface area (Å²) in [7, 11) is -3.61. The van der Waals surface area contributed by atoms with Gasteiger partial charge in [0.2, 0.25) is 10.0 Å². The van der Waals surface area contributed by atoms with E-state index in [-0.39, 0.29) is 22.7 Å². The Kier molecular flexibility index (Phi) is 8.85. The van der Waals surface area contributed by atoms with Crippen LogP contribution in [0.5, 0.6) is 0 Å². The first kappa shape index (κ1) is 26.4. The van der Waals surface area contributed by atoms with Crippen LogP contribution in [0.25, 0.3) is 0 Å². The van der Waals surface area contributed by atoms with Gasteiger partial charge in [0.1, 0.15) is 0 Å². The summed E-state index contributed by atoms with van der Waals surface area (Å²) in [5.74, 6) is 0.649. The molecule has 2 aromatic carbocycles. The largest absolute Gasteiger partial charge is 0.243 e. The van der Waals surface area contributed by atoms with Gasteiger partial charge in [0.25, 0.3) is 0 Å². The molecule has 0 saturated carbocycles. The molecule has 2 aromatic rings. The number of hydrogen-bond donors (Lipinski definition) is 0. The second-order valence-corrected chi connectivity index (χ2v) is 13.4. The molecule has 0 bridgehead atoms. The quantitative estimate of drug-likeness (QED) is 0.311. The van der Waals surface area contributed by atoms with Crippen LogP contribution >= 0.6 is 15.9 Å². The van der Waals surface area contributed by atoms with Crippen molar-refractivity contribution in [2.24, 2.45) is 0 Å². The third-order valence-corrected chi connectivity index (χ3v) is 9.99. The van der Waals surface area contributed by atoms with Gasteiger partial charge in [-0.2, -0.15) is 4.31 Å². The third-order valence-electron chi connectivity index (χ3n) is 6.86. The molecule has 1 fully saturated rings. The van der Waals surface area contributed by atoms with E-state index in [0.29, 0.717) is 17.4 Å². The molecule has 182 valence electrons. The van der Waals surface area contributed by atoms with Crippen molar-refractivity contribution in [1.29, 1.82) is 0 Å². The molecule has 33 heavy (non-hydrogen) atoms. The average molecular weight is 535 g/mol. The fourth-order valence-corrected chi connectivity index (χ4v) is 8.20. The highest BCUT2D eigenvalue weighted by Gasteiger charge is 2.41. The van der Waals surface area contributed by atoms with Crippen molar-refractivity contribution in [3.8, 4) is 0 Å². The Labute approximate surface area is 210 Å². The number of aryl methyl sites for hydroxylation is 1. The molecule has 1 unspecified atom stereocenters. The first-order chi connectivity index (χ1) is 15.5. The minimum atomic E-state index is -3.61. The van der Waals surface area contributed by atoms with Crippen LogP contribution in [0.4, 0.5) is 0 Å². The molecule has 0 spiro atoms. The van der Waals surface area contributed by atoms with Crippen LogP contribution in [0.15, 0.2) is 47.4 Å². The predicted octanol–water partition coefficient (Wildman–Crippen LogP) is 7.61. The molecule has 1 aliphatic heterocycles. The lowest BCUT2D eigenvalue weighted by atomic mass is 9.89. The van der Waals surface area contributed by atoms with Crippen molar-refractivity contribution in [3.05, 3.63) is 64.7 Å². The van der Waals surface area contributed by atoms with Crippen molar-refractivity contribution in [2.75, 3.05) is 6.54 Å². The van der Waals surface area contributed by atoms with Crippen LogP contribution in [0.2, 0.25) is 0 Å². The van der Waals surface area contributed by atoms with Crippen molar-refractivity contribution >= 4 is 26.0 Å². The zero-order valence-corrected chi connectivity index (χ0v) is 23.4. The van der Waals surface area contributed by atoms with Gasteiger partial charge in [-0.3, -0.25) is 0 Å². The summed E-state index contributed by atoms with van der Waals surface area (Å²) < 4.78 is 30.3. The van der Waals surface area contributed by atoms with Crippen LogP contribution in [0, 0.1) is 0 Å². The van der Waals surface area contributed by atoms with E-state index in [9.17, 15) is 8.42 Å². The SMILES string of the molecule is CC(C)c1cc(C(C)C)c(S(=O)(=O)N2CCCC2[C@@H](Br)CCc2ccccc2)c(C(C)C)c1. The van der Waals surface area contributed by atoms with Crippen LogP contribution < -0.4 is 0 Å². The monoisotopic (exact) mass is 533 g/mol. The van der Waals surface area contributed by atoms with Crippen molar-refractivity contribution in [3.63, 3.8) is 0 Å². The Hall–Kier alpha value is -1.17. The van der Waals surface area contributed by atoms with Crippen LogP contribution in [0.3, 0.4) is 0 Å². The molecule has 0 radical (unpaired) electrons. The third kappa shape index (κ3) is 5.91. The van der Waals surface area contributed by atoms with Gasteiger partial charge in [0.15, 0.2) is 0 Å². The molecule has 1 heterocycles. The van der Waals surface area contributed by atoms with E-state index in [1.165, 1.54) is 11.1 Å². The topological polar surface area (TPSA) is 37.4 Å². The Morgan fingerprint density at radius 1 is 0.939 bits per heavy atom. The van der Waals surface area contributed by atoms with E-state index in [2.05, 4.69) is 93.9 Å². The Morgan fingerprint density at radius 3 is 2.03 bits per heavy atom. The van der Waals surface area contributed by atoms with Gasteiger partial charge < -0.3 is 0 Å². The number of halogens is 1. The maximum Gasteiger partial charge on any atom is 0.243 e. The van der Waals surface area contributed by atoms with E-state index in [0.717, 1.165) is 36.8 Å². The number of alkyl halides is 1. The summed E-state index contributed by atoms with van der Waals surface area (Å²) >= 11 is 3.89. The number of hydrogen-bond acceptors (Lipinski definition) is 2. The smallest absolute Gasteiger partial charge is 0.207 e. The fourth-order valence-electron chi connectivity index (χ4n) is 4.87. The van der Waals surface area contributed by atoms with Gasteiger partial charge in [0, 0.05) is 17.4 Å². The van der Waals surface area contributed by atoms with E-state index in [1.807, 2.05) is 6.07 Å². The van der Waals surface area contributed by atoms with E-state index in [4.69, 9.17) is 0 Å². The van der Waals surface area contributed by atoms with Crippen molar-refractivity contribution in [1.82, 2.24) is 4.31 Å². The summed E-state index contributed by atoms with van der Waals surface area (Å²) in [5, 5.41) is 0. The highest BCUT2D eigenvalue weighted by molar-refractivity contribution is 9.09. The maximum atomic E-state index is 14.3. The lowest BCUT2D eigenvalue weighted by molar-refractivity contribution is 0.373. The first-order valence-electron chi connectivity index (χ1n) is 12.4. The summed E-state index contributed by atoms with van der Waals surface area (Å²) in [6, 6.07) is 14.7. The minimum Gasteiger partial charge on any atom is -0.207 e. The number of benzene rings is 2. The summed E-state index contributed by atoms with van der Waals surface area (Å²) in [6.07, 6.45) is 3.68. The molecule has 1 saturated heterocycles. The maximum absolute atomic E-state index is 14.3. The molecule has 1 aliphatic rings. The van der Waals surface area contributed by atoms with Gasteiger partial charge in [-0.05, 0) is 65.7 Å². The molecule has 5 heteroatoms. The first-order valence-corrected chi connectivity index (χ1v) is 14.8. The Balaban J connectivity index is 1.98. The fraction of sp³-hybridized carbons (Fsp3) is 0.571. The Morgan fingerprint density at radius 2 is 1.52 bits per heavy atom. The lowest BCUT2D eigenvalue weighted by Crippen LogP contribution is -2.41. The predicted molar refractivity (Wildman–Crippen MR) is 143 cm³/mol. The molecule has 0 aliphatic carbocycles. The lowest BCUT2D eigenvalue weighted by Gasteiger charge is -2.31. The molecule has 0 aromatic heterocycles. The van der Waals surface area contributed by atoms with E-state index < -0.39 is 10.0 Å². The molecule has 3 nitrogen and oxygen atoms in total. The van der Waals surface area contributed by atoms with Crippen molar-refractivity contribution in [2.45, 2.75) is 101 Å². The van der Waals surface area contributed by atoms with Crippen LogP contribution in [-0.2, 0) is 16.4 Å². The molecular formula is C28H40BrNO2S.